The largest absolute Gasteiger partial charge is 0.463 e. The number of hydrogen-bond acceptors (Lipinski definition) is 7. The molecule has 4 rings (SSSR count). The Balaban J connectivity index is 1.73. The molecule has 0 aromatic carbocycles. The third-order valence-corrected chi connectivity index (χ3v) is 4.59. The zero-order valence-corrected chi connectivity index (χ0v) is 13.8. The first-order valence-electron chi connectivity index (χ1n) is 7.47. The molecular weight excluding hydrogens is 342 g/mol. The van der Waals surface area contributed by atoms with E-state index in [9.17, 15) is 8.42 Å². The predicted molar refractivity (Wildman–Crippen MR) is 93.2 cm³/mol. The van der Waals surface area contributed by atoms with Crippen molar-refractivity contribution in [2.24, 2.45) is 0 Å². The zero-order chi connectivity index (χ0) is 17.4. The molecule has 0 saturated carbocycles. The molecule has 8 nitrogen and oxygen atoms in total. The van der Waals surface area contributed by atoms with E-state index in [0.29, 0.717) is 34.9 Å². The Bertz CT molecular complexity index is 1150. The third-order valence-electron chi connectivity index (χ3n) is 3.86. The smallest absolute Gasteiger partial charge is 0.222 e. The molecule has 1 aliphatic carbocycles. The van der Waals surface area contributed by atoms with E-state index in [1.807, 2.05) is 6.08 Å². The van der Waals surface area contributed by atoms with Crippen molar-refractivity contribution in [3.8, 4) is 11.5 Å². The lowest BCUT2D eigenvalue weighted by molar-refractivity contribution is 0.580. The average molecular weight is 355 g/mol. The summed E-state index contributed by atoms with van der Waals surface area (Å²) < 4.78 is 29.0. The van der Waals surface area contributed by atoms with E-state index in [1.165, 1.54) is 0 Å². The van der Waals surface area contributed by atoms with E-state index in [4.69, 9.17) is 10.2 Å². The average Bonchev–Trinajstić information content (AvgIpc) is 3.25. The molecule has 2 N–H and O–H groups in total. The molecule has 0 atom stereocenters. The van der Waals surface area contributed by atoms with Crippen LogP contribution in [-0.4, -0.2) is 33.0 Å². The number of nitrogens with zero attached hydrogens (tertiary/aromatic N) is 4. The summed E-state index contributed by atoms with van der Waals surface area (Å²) in [4.78, 5) is 8.90. The number of hydrogen-bond donors (Lipinski definition) is 1. The number of anilines is 1. The van der Waals surface area contributed by atoms with Gasteiger partial charge in [0.05, 0.1) is 29.3 Å². The molecule has 0 saturated heterocycles. The molecule has 1 aliphatic rings. The zero-order valence-electron chi connectivity index (χ0n) is 13.0. The maximum absolute atomic E-state index is 11.0. The lowest BCUT2D eigenvalue weighted by atomic mass is 10.1. The molecule has 0 unspecified atom stereocenters. The topological polar surface area (TPSA) is 117 Å². The molecule has 3 aromatic heterocycles. The van der Waals surface area contributed by atoms with Gasteiger partial charge in [-0.1, -0.05) is 12.2 Å². The van der Waals surface area contributed by atoms with Gasteiger partial charge in [-0.05, 0) is 23.8 Å². The predicted octanol–water partition coefficient (Wildman–Crippen LogP) is 1.61. The molecule has 25 heavy (non-hydrogen) atoms. The molecule has 3 aromatic rings. The summed E-state index contributed by atoms with van der Waals surface area (Å²) in [7, 11) is -2.19. The molecule has 3 heterocycles. The van der Waals surface area contributed by atoms with Gasteiger partial charge in [0.25, 0.3) is 0 Å². The summed E-state index contributed by atoms with van der Waals surface area (Å²) >= 11 is 0. The molecule has 126 valence electrons. The number of nitrogens with two attached hydrogens (primary N) is 1. The minimum Gasteiger partial charge on any atom is -0.463 e. The summed E-state index contributed by atoms with van der Waals surface area (Å²) in [6, 6.07) is 3.57. The van der Waals surface area contributed by atoms with E-state index in [-0.39, 0.29) is 5.95 Å². The highest BCUT2D eigenvalue weighted by Gasteiger charge is 2.16. The van der Waals surface area contributed by atoms with Crippen LogP contribution in [0.2, 0.25) is 0 Å². The van der Waals surface area contributed by atoms with Crippen molar-refractivity contribution >= 4 is 32.1 Å². The van der Waals surface area contributed by atoms with E-state index in [0.717, 1.165) is 11.0 Å². The van der Waals surface area contributed by atoms with Crippen molar-refractivity contribution in [2.75, 3.05) is 5.73 Å². The Labute approximate surface area is 143 Å². The normalized spacial score (nSPS) is 14.1. The summed E-state index contributed by atoms with van der Waals surface area (Å²) in [6.07, 6.45) is 8.83. The Morgan fingerprint density at radius 3 is 2.84 bits per heavy atom. The molecular formula is C16H13N5O3S. The van der Waals surface area contributed by atoms with Crippen molar-refractivity contribution in [3.05, 3.63) is 48.4 Å². The van der Waals surface area contributed by atoms with Crippen molar-refractivity contribution in [2.45, 2.75) is 13.0 Å². The van der Waals surface area contributed by atoms with Crippen molar-refractivity contribution in [3.63, 3.8) is 0 Å². The SMILES string of the molecule is Nc1nc(-c2ccco2)c2cnn(CC3=CCC(=S(=O)=O)C=C3)c2n1. The second kappa shape index (κ2) is 6.02. The quantitative estimate of drug-likeness (QED) is 0.709. The van der Waals surface area contributed by atoms with E-state index >= 15 is 0 Å². The van der Waals surface area contributed by atoms with Gasteiger partial charge < -0.3 is 10.2 Å². The van der Waals surface area contributed by atoms with Crippen LogP contribution in [0.15, 0.2) is 52.8 Å². The van der Waals surface area contributed by atoms with Crippen molar-refractivity contribution in [1.82, 2.24) is 19.7 Å². The van der Waals surface area contributed by atoms with Crippen LogP contribution in [-0.2, 0) is 16.8 Å². The van der Waals surface area contributed by atoms with Gasteiger partial charge in [-0.3, -0.25) is 0 Å². The number of rotatable bonds is 3. The van der Waals surface area contributed by atoms with Crippen LogP contribution in [0.3, 0.4) is 0 Å². The maximum Gasteiger partial charge on any atom is 0.222 e. The van der Waals surface area contributed by atoms with E-state index in [2.05, 4.69) is 15.1 Å². The van der Waals surface area contributed by atoms with Gasteiger partial charge in [0.1, 0.15) is 5.69 Å². The van der Waals surface area contributed by atoms with Crippen LogP contribution >= 0.6 is 0 Å². The van der Waals surface area contributed by atoms with E-state index < -0.39 is 10.3 Å². The molecule has 9 heteroatoms. The van der Waals surface area contributed by atoms with Crippen molar-refractivity contribution < 1.29 is 12.8 Å². The number of fused-ring (bicyclic) bond motifs is 1. The first kappa shape index (κ1) is 15.3. The van der Waals surface area contributed by atoms with Gasteiger partial charge in [0.2, 0.25) is 16.2 Å². The number of allylic oxidation sites excluding steroid dienone is 4. The second-order valence-corrected chi connectivity index (χ2v) is 6.46. The summed E-state index contributed by atoms with van der Waals surface area (Å²) in [6.45, 7) is 0.451. The first-order valence-corrected chi connectivity index (χ1v) is 8.54. The van der Waals surface area contributed by atoms with Gasteiger partial charge in [-0.15, -0.1) is 0 Å². The Morgan fingerprint density at radius 1 is 1.28 bits per heavy atom. The highest BCUT2D eigenvalue weighted by Crippen LogP contribution is 2.27. The van der Waals surface area contributed by atoms with Gasteiger partial charge in [0, 0.05) is 6.42 Å². The fourth-order valence-electron chi connectivity index (χ4n) is 2.67. The molecule has 0 bridgehead atoms. The second-order valence-electron chi connectivity index (χ2n) is 5.46. The van der Waals surface area contributed by atoms with Crippen LogP contribution in [0, 0.1) is 0 Å². The molecule has 0 aliphatic heterocycles. The lowest BCUT2D eigenvalue weighted by Crippen LogP contribution is -2.08. The minimum atomic E-state index is -2.19. The standard InChI is InChI=1S/C16H13N5O3S/c17-16-19-14(13-2-1-7-24-13)12-8-18-21(15(12)20-16)9-10-3-5-11(6-4-10)25(22)23/h1-5,7-8H,6,9H2,(H2,17,19,20). The third kappa shape index (κ3) is 2.85. The fraction of sp³-hybridized carbons (Fsp3) is 0.125. The Morgan fingerprint density at radius 2 is 2.16 bits per heavy atom. The van der Waals surface area contributed by atoms with Crippen LogP contribution in [0.1, 0.15) is 6.42 Å². The molecule has 0 radical (unpaired) electrons. The molecule has 0 spiro atoms. The number of furan rings is 1. The van der Waals surface area contributed by atoms with Crippen LogP contribution < -0.4 is 5.73 Å². The van der Waals surface area contributed by atoms with Gasteiger partial charge >= 0.3 is 0 Å². The van der Waals surface area contributed by atoms with Crippen LogP contribution in [0.25, 0.3) is 22.5 Å². The van der Waals surface area contributed by atoms with Gasteiger partial charge in [-0.2, -0.15) is 18.5 Å². The van der Waals surface area contributed by atoms with Crippen LogP contribution in [0.5, 0.6) is 0 Å². The monoisotopic (exact) mass is 355 g/mol. The van der Waals surface area contributed by atoms with Gasteiger partial charge in [0.15, 0.2) is 11.4 Å². The Hall–Kier alpha value is -3.20. The fourth-order valence-corrected chi connectivity index (χ4v) is 3.07. The lowest BCUT2D eigenvalue weighted by Gasteiger charge is -2.08. The first-order chi connectivity index (χ1) is 12.1. The highest BCUT2D eigenvalue weighted by molar-refractivity contribution is 7.73. The molecule has 0 fully saturated rings. The summed E-state index contributed by atoms with van der Waals surface area (Å²) in [5.41, 5.74) is 7.96. The van der Waals surface area contributed by atoms with Gasteiger partial charge in [-0.25, -0.2) is 9.67 Å². The highest BCUT2D eigenvalue weighted by atomic mass is 32.2. The number of nitrogen functional groups attached to an aromatic ring is 1. The van der Waals surface area contributed by atoms with Crippen LogP contribution in [0.4, 0.5) is 5.95 Å². The minimum absolute atomic E-state index is 0.131. The van der Waals surface area contributed by atoms with E-state index in [1.54, 1.807) is 41.4 Å². The summed E-state index contributed by atoms with van der Waals surface area (Å²) in [5.74, 6) is 0.721. The van der Waals surface area contributed by atoms with Crippen molar-refractivity contribution in [1.29, 1.82) is 0 Å². The maximum atomic E-state index is 11.0. The number of aromatic nitrogens is 4. The summed E-state index contributed by atoms with van der Waals surface area (Å²) in [5, 5.41) is 5.10. The molecule has 0 amide bonds. The Kier molecular flexibility index (Phi) is 3.69.